The average molecular weight is 1090 g/mol. The van der Waals surface area contributed by atoms with Gasteiger partial charge in [0, 0.05) is 19.3 Å². The van der Waals surface area contributed by atoms with Crippen LogP contribution in [0, 0.1) is 0 Å². The van der Waals surface area contributed by atoms with Gasteiger partial charge in [0.05, 0.1) is 0 Å². The van der Waals surface area contributed by atoms with Gasteiger partial charge in [-0.05, 0) is 116 Å². The number of hydrogen-bond acceptors (Lipinski definition) is 6. The summed E-state index contributed by atoms with van der Waals surface area (Å²) in [7, 11) is 0. The lowest BCUT2D eigenvalue weighted by molar-refractivity contribution is -0.167. The number of ether oxygens (including phenoxy) is 3. The minimum absolute atomic E-state index is 0.0916. The molecule has 1 atom stereocenters. The number of rotatable bonds is 58. The number of carbonyl (C=O) groups is 3. The van der Waals surface area contributed by atoms with Gasteiger partial charge >= 0.3 is 17.9 Å². The van der Waals surface area contributed by atoms with Crippen LogP contribution in [0.1, 0.15) is 290 Å². The first-order chi connectivity index (χ1) is 39.0. The summed E-state index contributed by atoms with van der Waals surface area (Å²) in [5, 5.41) is 0. The lowest BCUT2D eigenvalue weighted by Gasteiger charge is -2.18. The molecule has 0 aliphatic rings. The molecule has 6 heteroatoms. The molecule has 1 unspecified atom stereocenters. The third-order valence-corrected chi connectivity index (χ3v) is 13.7. The number of unbranched alkanes of at least 4 members (excludes halogenated alkanes) is 25. The van der Waals surface area contributed by atoms with E-state index in [0.717, 1.165) is 135 Å². The monoisotopic (exact) mass is 1090 g/mol. The Balaban J connectivity index is 4.42. The van der Waals surface area contributed by atoms with E-state index in [9.17, 15) is 14.4 Å². The van der Waals surface area contributed by atoms with E-state index in [-0.39, 0.29) is 31.1 Å². The molecular weight excluding hydrogens is 973 g/mol. The van der Waals surface area contributed by atoms with Gasteiger partial charge < -0.3 is 14.2 Å². The molecule has 0 bridgehead atoms. The van der Waals surface area contributed by atoms with Gasteiger partial charge in [-0.2, -0.15) is 0 Å². The molecule has 0 aromatic heterocycles. The molecule has 0 aromatic carbocycles. The molecule has 448 valence electrons. The average Bonchev–Trinajstić information content (AvgIpc) is 3.45. The van der Waals surface area contributed by atoms with E-state index in [1.54, 1.807) is 0 Å². The highest BCUT2D eigenvalue weighted by Gasteiger charge is 2.19. The highest BCUT2D eigenvalue weighted by Crippen LogP contribution is 2.16. The summed E-state index contributed by atoms with van der Waals surface area (Å²) in [5.74, 6) is -0.925. The molecule has 0 aliphatic heterocycles. The predicted molar refractivity (Wildman–Crippen MR) is 343 cm³/mol. The molecule has 0 aromatic rings. The van der Waals surface area contributed by atoms with Crippen LogP contribution in [0.15, 0.2) is 134 Å². The lowest BCUT2D eigenvalue weighted by Crippen LogP contribution is -2.30. The topological polar surface area (TPSA) is 78.9 Å². The van der Waals surface area contributed by atoms with Crippen molar-refractivity contribution >= 4 is 17.9 Å². The molecule has 0 amide bonds. The van der Waals surface area contributed by atoms with Crippen LogP contribution in [0.2, 0.25) is 0 Å². The van der Waals surface area contributed by atoms with E-state index in [4.69, 9.17) is 14.2 Å². The fourth-order valence-corrected chi connectivity index (χ4v) is 8.83. The summed E-state index contributed by atoms with van der Waals surface area (Å²) in [6.45, 7) is 6.40. The lowest BCUT2D eigenvalue weighted by atomic mass is 10.0. The first-order valence-electron chi connectivity index (χ1n) is 32.7. The van der Waals surface area contributed by atoms with Gasteiger partial charge in [0.25, 0.3) is 0 Å². The van der Waals surface area contributed by atoms with Crippen LogP contribution in [-0.4, -0.2) is 37.2 Å². The molecule has 0 heterocycles. The van der Waals surface area contributed by atoms with E-state index in [2.05, 4.69) is 154 Å². The van der Waals surface area contributed by atoms with Crippen molar-refractivity contribution < 1.29 is 28.6 Å². The van der Waals surface area contributed by atoms with Gasteiger partial charge in [0.15, 0.2) is 6.10 Å². The standard InChI is InChI=1S/C73H120O6/c1-4-7-10-13-16-19-22-25-27-29-31-33-35-36-38-39-41-43-45-48-51-54-57-60-63-66-72(75)78-69-70(68-77-71(74)65-62-59-56-53-50-47-24-21-18-15-12-9-6-3)79-73(76)67-64-61-58-55-52-49-46-44-42-40-37-34-32-30-28-26-23-20-17-14-11-8-5-2/h7-8,10-11,16-17,19-20,25-28,31-34,36,38,41,43,48,51,70H,4-6,9,12-15,18,21-24,29-30,35,37,39-40,42,44-47,49-50,52-69H2,1-3H3/b10-7-,11-8-,19-16-,20-17-,27-25-,28-26-,33-31-,34-32-,38-36-,43-41-,51-48-. The smallest absolute Gasteiger partial charge is 0.306 e. The van der Waals surface area contributed by atoms with Gasteiger partial charge in [0.2, 0.25) is 0 Å². The molecule has 6 nitrogen and oxygen atoms in total. The normalized spacial score (nSPS) is 13.0. The van der Waals surface area contributed by atoms with Gasteiger partial charge in [0.1, 0.15) is 13.2 Å². The molecule has 0 radical (unpaired) electrons. The molecular formula is C73H120O6. The Hall–Kier alpha value is -4.45. The van der Waals surface area contributed by atoms with Crippen molar-refractivity contribution in [3.05, 3.63) is 134 Å². The van der Waals surface area contributed by atoms with Crippen molar-refractivity contribution in [2.45, 2.75) is 297 Å². The van der Waals surface area contributed by atoms with Crippen molar-refractivity contribution in [2.75, 3.05) is 13.2 Å². The maximum Gasteiger partial charge on any atom is 0.306 e. The molecule has 0 fully saturated rings. The van der Waals surface area contributed by atoms with Crippen molar-refractivity contribution in [2.24, 2.45) is 0 Å². The zero-order valence-corrected chi connectivity index (χ0v) is 51.3. The summed E-state index contributed by atoms with van der Waals surface area (Å²) in [4.78, 5) is 38.3. The number of esters is 3. The van der Waals surface area contributed by atoms with Gasteiger partial charge in [-0.1, -0.05) is 289 Å². The Morgan fingerprint density at radius 1 is 0.266 bits per heavy atom. The summed E-state index contributed by atoms with van der Waals surface area (Å²) in [5.41, 5.74) is 0. The highest BCUT2D eigenvalue weighted by molar-refractivity contribution is 5.71. The van der Waals surface area contributed by atoms with E-state index < -0.39 is 6.10 Å². The number of allylic oxidation sites excluding steroid dienone is 22. The quantitative estimate of drug-likeness (QED) is 0.0261. The molecule has 0 saturated heterocycles. The van der Waals surface area contributed by atoms with Crippen LogP contribution in [0.3, 0.4) is 0 Å². The third kappa shape index (κ3) is 64.3. The Bertz CT molecular complexity index is 1680. The van der Waals surface area contributed by atoms with Crippen LogP contribution in [0.25, 0.3) is 0 Å². The Labute approximate surface area is 487 Å². The van der Waals surface area contributed by atoms with Gasteiger partial charge in [-0.3, -0.25) is 14.4 Å². The molecule has 0 saturated carbocycles. The van der Waals surface area contributed by atoms with Crippen molar-refractivity contribution in [1.29, 1.82) is 0 Å². The third-order valence-electron chi connectivity index (χ3n) is 13.7. The van der Waals surface area contributed by atoms with Crippen LogP contribution >= 0.6 is 0 Å². The zero-order chi connectivity index (χ0) is 57.1. The number of hydrogen-bond donors (Lipinski definition) is 0. The van der Waals surface area contributed by atoms with Crippen molar-refractivity contribution in [1.82, 2.24) is 0 Å². The van der Waals surface area contributed by atoms with Gasteiger partial charge in [-0.25, -0.2) is 0 Å². The van der Waals surface area contributed by atoms with Crippen LogP contribution < -0.4 is 0 Å². The minimum atomic E-state index is -0.799. The largest absolute Gasteiger partial charge is 0.462 e. The first-order valence-corrected chi connectivity index (χ1v) is 32.7. The SMILES string of the molecule is CC/C=C\C/C=C\C/C=C\C/C=C\C/C=C\C/C=C\C/C=C\CCCCCC(=O)OCC(COC(=O)CCCCCCCCCCCCCCC)OC(=O)CCCCCCCCCCCC/C=C\C/C=C\C/C=C\C/C=C\CC. The highest BCUT2D eigenvalue weighted by atomic mass is 16.6. The second kappa shape index (κ2) is 66.1. The second-order valence-electron chi connectivity index (χ2n) is 21.3. The number of carbonyl (C=O) groups excluding carboxylic acids is 3. The molecule has 0 spiro atoms. The van der Waals surface area contributed by atoms with Crippen LogP contribution in [0.4, 0.5) is 0 Å². The molecule has 0 rings (SSSR count). The van der Waals surface area contributed by atoms with Crippen molar-refractivity contribution in [3.63, 3.8) is 0 Å². The zero-order valence-electron chi connectivity index (χ0n) is 51.3. The van der Waals surface area contributed by atoms with E-state index in [0.29, 0.717) is 19.3 Å². The van der Waals surface area contributed by atoms with E-state index in [1.807, 2.05) is 0 Å². The maximum absolute atomic E-state index is 12.9. The molecule has 0 N–H and O–H groups in total. The maximum atomic E-state index is 12.9. The fraction of sp³-hybridized carbons (Fsp3) is 0.658. The van der Waals surface area contributed by atoms with E-state index >= 15 is 0 Å². The Morgan fingerprint density at radius 3 is 0.785 bits per heavy atom. The van der Waals surface area contributed by atoms with Crippen molar-refractivity contribution in [3.8, 4) is 0 Å². The molecule has 79 heavy (non-hydrogen) atoms. The predicted octanol–water partition coefficient (Wildman–Crippen LogP) is 22.5. The Kier molecular flexibility index (Phi) is 62.3. The summed E-state index contributed by atoms with van der Waals surface area (Å²) < 4.78 is 16.9. The second-order valence-corrected chi connectivity index (χ2v) is 21.3. The summed E-state index contributed by atoms with van der Waals surface area (Å²) >= 11 is 0. The minimum Gasteiger partial charge on any atom is -0.462 e. The van der Waals surface area contributed by atoms with Crippen LogP contribution in [-0.2, 0) is 28.6 Å². The molecule has 0 aliphatic carbocycles. The summed E-state index contributed by atoms with van der Waals surface area (Å²) in [6.07, 6.45) is 93.1. The van der Waals surface area contributed by atoms with E-state index in [1.165, 1.54) is 116 Å². The van der Waals surface area contributed by atoms with Gasteiger partial charge in [-0.15, -0.1) is 0 Å². The first kappa shape index (κ1) is 74.5. The van der Waals surface area contributed by atoms with Crippen LogP contribution in [0.5, 0.6) is 0 Å². The Morgan fingerprint density at radius 2 is 0.494 bits per heavy atom. The summed E-state index contributed by atoms with van der Waals surface area (Å²) in [6, 6.07) is 0. The fourth-order valence-electron chi connectivity index (χ4n) is 8.83.